The summed E-state index contributed by atoms with van der Waals surface area (Å²) in [6.07, 6.45) is 1.47. The summed E-state index contributed by atoms with van der Waals surface area (Å²) in [5, 5.41) is 21.7. The van der Waals surface area contributed by atoms with E-state index in [4.69, 9.17) is 0 Å². The Kier molecular flexibility index (Phi) is 4.24. The van der Waals surface area contributed by atoms with Crippen molar-refractivity contribution in [1.82, 2.24) is 15.5 Å². The molecular formula is C12H11N5O4. The molecule has 108 valence electrons. The third-order valence-electron chi connectivity index (χ3n) is 2.50. The molecule has 1 heterocycles. The van der Waals surface area contributed by atoms with Crippen LogP contribution in [0.25, 0.3) is 0 Å². The highest BCUT2D eigenvalue weighted by Gasteiger charge is 2.12. The molecule has 0 saturated carbocycles. The second-order valence-electron chi connectivity index (χ2n) is 4.01. The van der Waals surface area contributed by atoms with E-state index in [0.717, 1.165) is 6.07 Å². The fourth-order valence-corrected chi connectivity index (χ4v) is 1.54. The lowest BCUT2D eigenvalue weighted by Gasteiger charge is -2.05. The van der Waals surface area contributed by atoms with Crippen molar-refractivity contribution in [3.05, 3.63) is 52.2 Å². The lowest BCUT2D eigenvalue weighted by Crippen LogP contribution is -2.32. The van der Waals surface area contributed by atoms with Gasteiger partial charge in [0.2, 0.25) is 5.91 Å². The number of hydrogen-bond acceptors (Lipinski definition) is 5. The number of nitro benzene ring substituents is 1. The number of hydrogen-bond donors (Lipinski definition) is 3. The van der Waals surface area contributed by atoms with Crippen LogP contribution in [-0.4, -0.2) is 33.5 Å². The standard InChI is InChI=1S/C12H11N5O4/c18-11(15-10-4-5-14-16-10)7-13-12(19)8-2-1-3-9(6-8)17(20)21/h1-6H,7H2,(H,13,19)(H2,14,15,16,18). The summed E-state index contributed by atoms with van der Waals surface area (Å²) in [5.74, 6) is -0.610. The molecule has 3 N–H and O–H groups in total. The normalized spacial score (nSPS) is 9.90. The summed E-state index contributed by atoms with van der Waals surface area (Å²) in [6.45, 7) is -0.263. The van der Waals surface area contributed by atoms with Crippen molar-refractivity contribution < 1.29 is 14.5 Å². The molecule has 21 heavy (non-hydrogen) atoms. The number of anilines is 1. The number of non-ortho nitro benzene ring substituents is 1. The minimum atomic E-state index is -0.596. The summed E-state index contributed by atoms with van der Waals surface area (Å²) in [5.41, 5.74) is -0.0805. The van der Waals surface area contributed by atoms with Crippen LogP contribution in [0.3, 0.4) is 0 Å². The maximum atomic E-state index is 11.8. The first-order valence-corrected chi connectivity index (χ1v) is 5.88. The Balaban J connectivity index is 1.91. The number of nitro groups is 1. The van der Waals surface area contributed by atoms with Gasteiger partial charge < -0.3 is 10.6 Å². The van der Waals surface area contributed by atoms with Gasteiger partial charge in [-0.05, 0) is 6.07 Å². The quantitative estimate of drug-likeness (QED) is 0.550. The fraction of sp³-hybridized carbons (Fsp3) is 0.0833. The van der Waals surface area contributed by atoms with Gasteiger partial charge in [0.05, 0.1) is 17.7 Å². The van der Waals surface area contributed by atoms with E-state index in [1.807, 2.05) is 0 Å². The molecule has 2 aromatic rings. The van der Waals surface area contributed by atoms with Crippen molar-refractivity contribution in [3.8, 4) is 0 Å². The molecule has 9 heteroatoms. The van der Waals surface area contributed by atoms with Crippen molar-refractivity contribution in [2.75, 3.05) is 11.9 Å². The molecule has 0 aliphatic heterocycles. The number of aromatic amines is 1. The molecule has 0 fully saturated rings. The molecule has 1 aromatic carbocycles. The maximum absolute atomic E-state index is 11.8. The topological polar surface area (TPSA) is 130 Å². The zero-order valence-corrected chi connectivity index (χ0v) is 10.7. The molecule has 1 aromatic heterocycles. The van der Waals surface area contributed by atoms with E-state index in [9.17, 15) is 19.7 Å². The number of rotatable bonds is 5. The first-order chi connectivity index (χ1) is 10.1. The zero-order chi connectivity index (χ0) is 15.2. The van der Waals surface area contributed by atoms with Gasteiger partial charge in [0.25, 0.3) is 11.6 Å². The van der Waals surface area contributed by atoms with E-state index < -0.39 is 16.7 Å². The molecule has 0 atom stereocenters. The van der Waals surface area contributed by atoms with Crippen molar-refractivity contribution in [2.45, 2.75) is 0 Å². The highest BCUT2D eigenvalue weighted by atomic mass is 16.6. The Morgan fingerprint density at radius 2 is 2.14 bits per heavy atom. The molecule has 9 nitrogen and oxygen atoms in total. The molecule has 0 spiro atoms. The van der Waals surface area contributed by atoms with E-state index in [-0.39, 0.29) is 17.8 Å². The molecule has 2 rings (SSSR count). The lowest BCUT2D eigenvalue weighted by atomic mass is 10.2. The Labute approximate surface area is 118 Å². The Morgan fingerprint density at radius 3 is 2.81 bits per heavy atom. The molecule has 0 aliphatic rings. The first kappa shape index (κ1) is 14.2. The Hall–Kier alpha value is -3.23. The molecule has 0 bridgehead atoms. The van der Waals surface area contributed by atoms with Gasteiger partial charge >= 0.3 is 0 Å². The second-order valence-corrected chi connectivity index (χ2v) is 4.01. The number of carbonyl (C=O) groups excluding carboxylic acids is 2. The van der Waals surface area contributed by atoms with E-state index in [2.05, 4.69) is 20.8 Å². The number of aromatic nitrogens is 2. The minimum absolute atomic E-state index is 0.110. The molecule has 0 saturated heterocycles. The summed E-state index contributed by atoms with van der Waals surface area (Å²) < 4.78 is 0. The van der Waals surface area contributed by atoms with Gasteiger partial charge in [-0.25, -0.2) is 0 Å². The SMILES string of the molecule is O=C(CNC(=O)c1cccc([N+](=O)[O-])c1)Nc1ccn[nH]1. The Morgan fingerprint density at radius 1 is 1.33 bits per heavy atom. The van der Waals surface area contributed by atoms with E-state index >= 15 is 0 Å². The maximum Gasteiger partial charge on any atom is 0.270 e. The minimum Gasteiger partial charge on any atom is -0.343 e. The van der Waals surface area contributed by atoms with Crippen molar-refractivity contribution in [3.63, 3.8) is 0 Å². The summed E-state index contributed by atoms with van der Waals surface area (Å²) in [6, 6.07) is 6.80. The summed E-state index contributed by atoms with van der Waals surface area (Å²) >= 11 is 0. The van der Waals surface area contributed by atoms with Crippen LogP contribution in [0.15, 0.2) is 36.5 Å². The largest absolute Gasteiger partial charge is 0.343 e. The Bertz CT molecular complexity index is 668. The molecule has 0 radical (unpaired) electrons. The van der Waals surface area contributed by atoms with E-state index in [1.54, 1.807) is 6.07 Å². The van der Waals surface area contributed by atoms with Crippen molar-refractivity contribution in [1.29, 1.82) is 0 Å². The average Bonchev–Trinajstić information content (AvgIpc) is 2.97. The third-order valence-corrected chi connectivity index (χ3v) is 2.50. The number of amides is 2. The van der Waals surface area contributed by atoms with Crippen molar-refractivity contribution in [2.24, 2.45) is 0 Å². The van der Waals surface area contributed by atoms with Crippen LogP contribution < -0.4 is 10.6 Å². The first-order valence-electron chi connectivity index (χ1n) is 5.88. The highest BCUT2D eigenvalue weighted by molar-refractivity contribution is 5.99. The van der Waals surface area contributed by atoms with Crippen LogP contribution >= 0.6 is 0 Å². The van der Waals surface area contributed by atoms with Crippen LogP contribution in [0, 0.1) is 10.1 Å². The second kappa shape index (κ2) is 6.28. The van der Waals surface area contributed by atoms with Gasteiger partial charge in [-0.3, -0.25) is 24.8 Å². The number of H-pyrrole nitrogens is 1. The molecule has 0 unspecified atom stereocenters. The van der Waals surface area contributed by atoms with Crippen LogP contribution in [0.4, 0.5) is 11.5 Å². The van der Waals surface area contributed by atoms with Crippen LogP contribution in [0.2, 0.25) is 0 Å². The molecule has 0 aliphatic carbocycles. The fourth-order valence-electron chi connectivity index (χ4n) is 1.54. The van der Waals surface area contributed by atoms with E-state index in [1.165, 1.54) is 24.4 Å². The summed E-state index contributed by atoms with van der Waals surface area (Å²) in [7, 11) is 0. The number of carbonyl (C=O) groups is 2. The smallest absolute Gasteiger partial charge is 0.270 e. The van der Waals surface area contributed by atoms with Crippen LogP contribution in [0.1, 0.15) is 10.4 Å². The molecular weight excluding hydrogens is 278 g/mol. The van der Waals surface area contributed by atoms with Crippen LogP contribution in [0.5, 0.6) is 0 Å². The number of benzene rings is 1. The van der Waals surface area contributed by atoms with Gasteiger partial charge in [0.15, 0.2) is 0 Å². The number of nitrogens with zero attached hydrogens (tertiary/aromatic N) is 2. The monoisotopic (exact) mass is 289 g/mol. The van der Waals surface area contributed by atoms with Gasteiger partial charge in [0, 0.05) is 23.8 Å². The third kappa shape index (κ3) is 3.86. The summed E-state index contributed by atoms with van der Waals surface area (Å²) in [4.78, 5) is 33.4. The van der Waals surface area contributed by atoms with Crippen LogP contribution in [-0.2, 0) is 4.79 Å². The predicted octanol–water partition coefficient (Wildman–Crippen LogP) is 0.686. The zero-order valence-electron chi connectivity index (χ0n) is 10.7. The highest BCUT2D eigenvalue weighted by Crippen LogP contribution is 2.12. The van der Waals surface area contributed by atoms with Gasteiger partial charge in [-0.1, -0.05) is 6.07 Å². The van der Waals surface area contributed by atoms with Crippen molar-refractivity contribution >= 4 is 23.3 Å². The lowest BCUT2D eigenvalue weighted by molar-refractivity contribution is -0.384. The predicted molar refractivity (Wildman–Crippen MR) is 72.6 cm³/mol. The van der Waals surface area contributed by atoms with Gasteiger partial charge in [0.1, 0.15) is 5.82 Å². The number of nitrogens with one attached hydrogen (secondary N) is 3. The van der Waals surface area contributed by atoms with E-state index in [0.29, 0.717) is 5.82 Å². The van der Waals surface area contributed by atoms with Gasteiger partial charge in [-0.2, -0.15) is 5.10 Å². The average molecular weight is 289 g/mol. The molecule has 2 amide bonds. The van der Waals surface area contributed by atoms with Gasteiger partial charge in [-0.15, -0.1) is 0 Å².